The first kappa shape index (κ1) is 17.7. The van der Waals surface area contributed by atoms with Crippen molar-refractivity contribution in [2.24, 2.45) is 0 Å². The highest BCUT2D eigenvalue weighted by Crippen LogP contribution is 2.25. The number of hydrogen-bond acceptors (Lipinski definition) is 5. The summed E-state index contributed by atoms with van der Waals surface area (Å²) in [6.45, 7) is 4.27. The van der Waals surface area contributed by atoms with Gasteiger partial charge < -0.3 is 15.7 Å². The van der Waals surface area contributed by atoms with Gasteiger partial charge in [0.05, 0.1) is 11.0 Å². The number of aliphatic hydroxyl groups excluding tert-OH is 1. The maximum Gasteiger partial charge on any atom is 0.174 e. The number of benzene rings is 2. The molecule has 24 heavy (non-hydrogen) atoms. The molecule has 0 aliphatic carbocycles. The highest BCUT2D eigenvalue weighted by atomic mass is 16.2. The molecule has 126 valence electrons. The summed E-state index contributed by atoms with van der Waals surface area (Å²) < 4.78 is 0. The second-order valence-electron chi connectivity index (χ2n) is 5.35. The number of aromatic nitrogens is 2. The molecule has 1 aromatic heterocycles. The van der Waals surface area contributed by atoms with Gasteiger partial charge in [-0.3, -0.25) is 0 Å². The van der Waals surface area contributed by atoms with Crippen LogP contribution in [0.5, 0.6) is 0 Å². The largest absolute Gasteiger partial charge is 0.400 e. The van der Waals surface area contributed by atoms with E-state index in [2.05, 4.69) is 47.7 Å². The van der Waals surface area contributed by atoms with Crippen molar-refractivity contribution < 1.29 is 5.11 Å². The summed E-state index contributed by atoms with van der Waals surface area (Å²) in [5.74, 6) is 1.49. The molecule has 3 aromatic rings. The van der Waals surface area contributed by atoms with Crippen LogP contribution in [-0.4, -0.2) is 29.2 Å². The molecule has 0 aliphatic rings. The molecule has 0 amide bonds. The molecular weight excluding hydrogens is 300 g/mol. The summed E-state index contributed by atoms with van der Waals surface area (Å²) in [4.78, 5) is 9.31. The standard InChI is InChI=1S/C18H20N4.CH4O/c1-4-13-9-12(2)10-14(11-13)20-18-17(19-3)21-15-7-5-6-8-16(15)22-18;1-2/h5-11H,4H2,1-3H3,(H,19,21)(H,20,22);2H,1H3. The third-order valence-corrected chi connectivity index (χ3v) is 3.62. The molecule has 1 heterocycles. The number of rotatable bonds is 4. The Morgan fingerprint density at radius 1 is 0.958 bits per heavy atom. The Kier molecular flexibility index (Phi) is 6.09. The quantitative estimate of drug-likeness (QED) is 0.679. The van der Waals surface area contributed by atoms with E-state index in [-0.39, 0.29) is 0 Å². The topological polar surface area (TPSA) is 70.1 Å². The lowest BCUT2D eigenvalue weighted by atomic mass is 10.1. The molecule has 3 N–H and O–H groups in total. The van der Waals surface area contributed by atoms with Crippen molar-refractivity contribution in [1.29, 1.82) is 0 Å². The van der Waals surface area contributed by atoms with Gasteiger partial charge >= 0.3 is 0 Å². The molecule has 0 fully saturated rings. The Labute approximate surface area is 142 Å². The molecule has 0 radical (unpaired) electrons. The fourth-order valence-electron chi connectivity index (χ4n) is 2.54. The fourth-order valence-corrected chi connectivity index (χ4v) is 2.54. The number of aliphatic hydroxyl groups is 1. The van der Waals surface area contributed by atoms with Crippen molar-refractivity contribution >= 4 is 28.4 Å². The lowest BCUT2D eigenvalue weighted by molar-refractivity contribution is 0.399. The Balaban J connectivity index is 0.00000100. The van der Waals surface area contributed by atoms with Crippen LogP contribution in [0.4, 0.5) is 17.3 Å². The van der Waals surface area contributed by atoms with Gasteiger partial charge in [-0.1, -0.05) is 25.1 Å². The second kappa shape index (κ2) is 8.26. The summed E-state index contributed by atoms with van der Waals surface area (Å²) in [6.07, 6.45) is 1.01. The van der Waals surface area contributed by atoms with E-state index < -0.39 is 0 Å². The van der Waals surface area contributed by atoms with Crippen molar-refractivity contribution in [3.63, 3.8) is 0 Å². The van der Waals surface area contributed by atoms with E-state index >= 15 is 0 Å². The highest BCUT2D eigenvalue weighted by Gasteiger charge is 2.08. The molecule has 0 aliphatic heterocycles. The van der Waals surface area contributed by atoms with Crippen LogP contribution in [0.25, 0.3) is 11.0 Å². The summed E-state index contributed by atoms with van der Waals surface area (Å²) in [6, 6.07) is 14.4. The van der Waals surface area contributed by atoms with Gasteiger partial charge in [-0.25, -0.2) is 9.97 Å². The van der Waals surface area contributed by atoms with Gasteiger partial charge in [0, 0.05) is 19.8 Å². The zero-order valence-electron chi connectivity index (χ0n) is 14.6. The zero-order chi connectivity index (χ0) is 17.5. The van der Waals surface area contributed by atoms with Gasteiger partial charge in [-0.05, 0) is 48.7 Å². The monoisotopic (exact) mass is 324 g/mol. The van der Waals surface area contributed by atoms with Crippen molar-refractivity contribution in [2.45, 2.75) is 20.3 Å². The molecular formula is C19H24N4O. The summed E-state index contributed by atoms with van der Waals surface area (Å²) in [7, 11) is 2.86. The minimum Gasteiger partial charge on any atom is -0.400 e. The number of aryl methyl sites for hydroxylation is 2. The number of para-hydroxylation sites is 2. The fraction of sp³-hybridized carbons (Fsp3) is 0.263. The van der Waals surface area contributed by atoms with Crippen molar-refractivity contribution in [3.8, 4) is 0 Å². The molecule has 0 saturated carbocycles. The van der Waals surface area contributed by atoms with Crippen molar-refractivity contribution in [2.75, 3.05) is 24.8 Å². The molecule has 2 aromatic carbocycles. The van der Waals surface area contributed by atoms with Gasteiger partial charge in [-0.15, -0.1) is 0 Å². The van der Waals surface area contributed by atoms with E-state index in [0.29, 0.717) is 0 Å². The molecule has 5 nitrogen and oxygen atoms in total. The predicted molar refractivity (Wildman–Crippen MR) is 101 cm³/mol. The molecule has 0 atom stereocenters. The lowest BCUT2D eigenvalue weighted by Gasteiger charge is -2.13. The molecule has 3 rings (SSSR count). The van der Waals surface area contributed by atoms with Gasteiger partial charge in [0.15, 0.2) is 11.6 Å². The normalized spacial score (nSPS) is 10.0. The smallest absolute Gasteiger partial charge is 0.174 e. The van der Waals surface area contributed by atoms with Crippen LogP contribution < -0.4 is 10.6 Å². The number of fused-ring (bicyclic) bond motifs is 1. The van der Waals surface area contributed by atoms with E-state index in [0.717, 1.165) is 41.9 Å². The van der Waals surface area contributed by atoms with Gasteiger partial charge in [0.2, 0.25) is 0 Å². The maximum atomic E-state index is 7.00. The van der Waals surface area contributed by atoms with E-state index in [9.17, 15) is 0 Å². The minimum absolute atomic E-state index is 0.744. The molecule has 0 bridgehead atoms. The molecule has 5 heteroatoms. The summed E-state index contributed by atoms with van der Waals surface area (Å²) >= 11 is 0. The van der Waals surface area contributed by atoms with Crippen LogP contribution in [0, 0.1) is 6.92 Å². The van der Waals surface area contributed by atoms with Crippen LogP contribution in [0.2, 0.25) is 0 Å². The number of nitrogens with zero attached hydrogens (tertiary/aromatic N) is 2. The number of hydrogen-bond donors (Lipinski definition) is 3. The van der Waals surface area contributed by atoms with Crippen molar-refractivity contribution in [1.82, 2.24) is 9.97 Å². The van der Waals surface area contributed by atoms with Crippen LogP contribution in [0.15, 0.2) is 42.5 Å². The van der Waals surface area contributed by atoms with E-state index in [4.69, 9.17) is 10.1 Å². The Morgan fingerprint density at radius 2 is 1.58 bits per heavy atom. The highest BCUT2D eigenvalue weighted by molar-refractivity contribution is 5.81. The minimum atomic E-state index is 0.744. The van der Waals surface area contributed by atoms with Gasteiger partial charge in [0.25, 0.3) is 0 Å². The Bertz CT molecular complexity index is 818. The van der Waals surface area contributed by atoms with Crippen LogP contribution in [0.1, 0.15) is 18.1 Å². The van der Waals surface area contributed by atoms with Crippen LogP contribution >= 0.6 is 0 Å². The summed E-state index contributed by atoms with van der Waals surface area (Å²) in [5, 5.41) is 13.5. The first-order chi connectivity index (χ1) is 11.7. The third kappa shape index (κ3) is 4.00. The SMILES string of the molecule is CCc1cc(C)cc(Nc2nc3ccccc3nc2NC)c1.CO. The zero-order valence-corrected chi connectivity index (χ0v) is 14.6. The predicted octanol–water partition coefficient (Wildman–Crippen LogP) is 3.89. The van der Waals surface area contributed by atoms with Crippen molar-refractivity contribution in [3.05, 3.63) is 53.6 Å². The number of anilines is 3. The lowest BCUT2D eigenvalue weighted by Crippen LogP contribution is -2.03. The number of nitrogens with one attached hydrogen (secondary N) is 2. The maximum absolute atomic E-state index is 7.00. The first-order valence-corrected chi connectivity index (χ1v) is 7.96. The summed E-state index contributed by atoms with van der Waals surface area (Å²) in [5.41, 5.74) is 5.35. The second-order valence-corrected chi connectivity index (χ2v) is 5.35. The van der Waals surface area contributed by atoms with E-state index in [1.807, 2.05) is 31.3 Å². The average molecular weight is 324 g/mol. The van der Waals surface area contributed by atoms with E-state index in [1.54, 1.807) is 0 Å². The van der Waals surface area contributed by atoms with Gasteiger partial charge in [-0.2, -0.15) is 0 Å². The Hall–Kier alpha value is -2.66. The molecule has 0 saturated heterocycles. The van der Waals surface area contributed by atoms with Crippen LogP contribution in [-0.2, 0) is 6.42 Å². The molecule has 0 spiro atoms. The van der Waals surface area contributed by atoms with Gasteiger partial charge in [0.1, 0.15) is 0 Å². The third-order valence-electron chi connectivity index (χ3n) is 3.62. The Morgan fingerprint density at radius 3 is 2.17 bits per heavy atom. The van der Waals surface area contributed by atoms with E-state index in [1.165, 1.54) is 11.1 Å². The van der Waals surface area contributed by atoms with Crippen LogP contribution in [0.3, 0.4) is 0 Å². The molecule has 0 unspecified atom stereocenters. The first-order valence-electron chi connectivity index (χ1n) is 7.96. The average Bonchev–Trinajstić information content (AvgIpc) is 2.62.